The van der Waals surface area contributed by atoms with Gasteiger partial charge in [0.2, 0.25) is 6.79 Å². The van der Waals surface area contributed by atoms with Crippen LogP contribution in [-0.4, -0.2) is 27.8 Å². The van der Waals surface area contributed by atoms with E-state index in [-0.39, 0.29) is 30.5 Å². The van der Waals surface area contributed by atoms with Crippen LogP contribution in [0.25, 0.3) is 6.08 Å². The van der Waals surface area contributed by atoms with Crippen LogP contribution < -0.4 is 14.2 Å². The van der Waals surface area contributed by atoms with Gasteiger partial charge in [-0.15, -0.1) is 0 Å². The first kappa shape index (κ1) is 25.1. The van der Waals surface area contributed by atoms with Crippen LogP contribution in [0.15, 0.2) is 64.0 Å². The molecule has 1 saturated heterocycles. The molecule has 0 atom stereocenters. The van der Waals surface area contributed by atoms with Crippen molar-refractivity contribution in [2.75, 3.05) is 6.79 Å². The van der Waals surface area contributed by atoms with Gasteiger partial charge in [-0.1, -0.05) is 39.7 Å². The van der Waals surface area contributed by atoms with Crippen molar-refractivity contribution in [2.45, 2.75) is 13.2 Å². The van der Waals surface area contributed by atoms with E-state index in [1.54, 1.807) is 48.5 Å². The molecule has 2 aliphatic heterocycles. The van der Waals surface area contributed by atoms with E-state index < -0.39 is 16.1 Å². The molecule has 9 nitrogen and oxygen atoms in total. The van der Waals surface area contributed by atoms with Crippen molar-refractivity contribution >= 4 is 62.2 Å². The highest BCUT2D eigenvalue weighted by Gasteiger charge is 2.36. The number of nitro benzene ring substituents is 1. The van der Waals surface area contributed by atoms with Crippen LogP contribution in [-0.2, 0) is 17.9 Å². The predicted octanol–water partition coefficient (Wildman–Crippen LogP) is 6.55. The monoisotopic (exact) mass is 602 g/mol. The van der Waals surface area contributed by atoms with Gasteiger partial charge in [0.1, 0.15) is 12.4 Å². The molecule has 0 saturated carbocycles. The van der Waals surface area contributed by atoms with Crippen LogP contribution in [0.1, 0.15) is 16.7 Å². The molecule has 2 aliphatic rings. The number of hydrogen-bond acceptors (Lipinski definition) is 8. The van der Waals surface area contributed by atoms with Crippen LogP contribution in [0.2, 0.25) is 5.02 Å². The van der Waals surface area contributed by atoms with Crippen LogP contribution in [0.5, 0.6) is 17.2 Å². The smallest absolute Gasteiger partial charge is 0.293 e. The summed E-state index contributed by atoms with van der Waals surface area (Å²) in [5.74, 6) is 0.991. The van der Waals surface area contributed by atoms with E-state index in [0.29, 0.717) is 39.0 Å². The molecule has 0 aliphatic carbocycles. The molecule has 3 aromatic rings. The second-order valence-corrected chi connectivity index (χ2v) is 10.3. The highest BCUT2D eigenvalue weighted by atomic mass is 79.9. The summed E-state index contributed by atoms with van der Waals surface area (Å²) < 4.78 is 17.3. The number of halogens is 2. The van der Waals surface area contributed by atoms with Crippen molar-refractivity contribution in [3.63, 3.8) is 0 Å². The normalized spacial score (nSPS) is 15.5. The predicted molar refractivity (Wildman–Crippen MR) is 141 cm³/mol. The molecule has 0 radical (unpaired) electrons. The fourth-order valence-corrected chi connectivity index (χ4v) is 5.13. The summed E-state index contributed by atoms with van der Waals surface area (Å²) in [6.45, 7) is 0.137. The van der Waals surface area contributed by atoms with E-state index >= 15 is 0 Å². The first-order valence-corrected chi connectivity index (χ1v) is 12.8. The summed E-state index contributed by atoms with van der Waals surface area (Å²) in [6, 6.07) is 14.6. The van der Waals surface area contributed by atoms with Crippen molar-refractivity contribution in [3.05, 3.63) is 95.8 Å². The molecule has 1 fully saturated rings. The fraction of sp³-hybridized carbons (Fsp3) is 0.120. The third-order valence-electron chi connectivity index (χ3n) is 5.52. The summed E-state index contributed by atoms with van der Waals surface area (Å²) in [5, 5.41) is 11.0. The van der Waals surface area contributed by atoms with E-state index in [4.69, 9.17) is 25.8 Å². The molecule has 0 unspecified atom stereocenters. The minimum atomic E-state index is -0.471. The largest absolute Gasteiger partial charge is 0.488 e. The van der Waals surface area contributed by atoms with Crippen LogP contribution in [0, 0.1) is 10.1 Å². The number of nitrogens with zero attached hydrogens (tertiary/aromatic N) is 2. The molecule has 0 N–H and O–H groups in total. The average molecular weight is 604 g/mol. The number of amides is 2. The zero-order valence-electron chi connectivity index (χ0n) is 18.8. The number of non-ortho nitro benzene ring substituents is 1. The third-order valence-corrected chi connectivity index (χ3v) is 7.27. The number of rotatable bonds is 7. The van der Waals surface area contributed by atoms with Gasteiger partial charge in [0.25, 0.3) is 16.8 Å². The van der Waals surface area contributed by atoms with Gasteiger partial charge in [0, 0.05) is 33.3 Å². The summed E-state index contributed by atoms with van der Waals surface area (Å²) in [7, 11) is 0. The van der Waals surface area contributed by atoms with E-state index in [2.05, 4.69) is 15.9 Å². The lowest BCUT2D eigenvalue weighted by atomic mass is 10.1. The Bertz CT molecular complexity index is 1480. The van der Waals surface area contributed by atoms with Crippen molar-refractivity contribution in [1.29, 1.82) is 0 Å². The third kappa shape index (κ3) is 5.43. The molecule has 5 rings (SSSR count). The van der Waals surface area contributed by atoms with Gasteiger partial charge < -0.3 is 14.2 Å². The molecule has 37 heavy (non-hydrogen) atoms. The molecule has 0 bridgehead atoms. The van der Waals surface area contributed by atoms with Gasteiger partial charge in [0.15, 0.2) is 11.5 Å². The number of ether oxygens (including phenoxy) is 3. The van der Waals surface area contributed by atoms with Crippen molar-refractivity contribution in [2.24, 2.45) is 0 Å². The minimum absolute atomic E-state index is 0.0217. The standard InChI is InChI=1S/C25H16BrClN2O7S/c26-17-4-5-20(34-12-14-2-1-3-18(6-14)29(32)33)15(7-17)9-23-24(30)28(25(31)37-23)11-16-8-21-22(10-19(16)27)36-13-35-21/h1-10H,11-13H2/b23-9-. The molecule has 2 amide bonds. The Kier molecular flexibility index (Phi) is 7.09. The number of fused-ring (bicyclic) bond motifs is 1. The van der Waals surface area contributed by atoms with Gasteiger partial charge in [-0.2, -0.15) is 0 Å². The second kappa shape index (κ2) is 10.4. The van der Waals surface area contributed by atoms with Crippen molar-refractivity contribution < 1.29 is 28.7 Å². The Labute approximate surface area is 228 Å². The topological polar surface area (TPSA) is 108 Å². The lowest BCUT2D eigenvalue weighted by Crippen LogP contribution is -2.27. The fourth-order valence-electron chi connectivity index (χ4n) is 3.71. The average Bonchev–Trinajstić information content (AvgIpc) is 3.42. The summed E-state index contributed by atoms with van der Waals surface area (Å²) in [4.78, 5) is 37.8. The highest BCUT2D eigenvalue weighted by molar-refractivity contribution is 9.10. The summed E-state index contributed by atoms with van der Waals surface area (Å²) in [5.41, 5.74) is 1.70. The SMILES string of the molecule is O=C1S/C(=C\c2cc(Br)ccc2OCc2cccc([N+](=O)[O-])c2)C(=O)N1Cc1cc2c(cc1Cl)OCO2. The number of hydrogen-bond donors (Lipinski definition) is 0. The zero-order valence-corrected chi connectivity index (χ0v) is 22.0. The van der Waals surface area contributed by atoms with E-state index in [0.717, 1.165) is 21.1 Å². The minimum Gasteiger partial charge on any atom is -0.488 e. The summed E-state index contributed by atoms with van der Waals surface area (Å²) in [6.07, 6.45) is 1.58. The maximum absolute atomic E-state index is 13.1. The van der Waals surface area contributed by atoms with Crippen molar-refractivity contribution in [3.8, 4) is 17.2 Å². The molecular formula is C25H16BrClN2O7S. The zero-order chi connectivity index (χ0) is 26.1. The number of carbonyl (C=O) groups excluding carboxylic acids is 2. The lowest BCUT2D eigenvalue weighted by Gasteiger charge is -2.14. The first-order chi connectivity index (χ1) is 17.8. The number of carbonyl (C=O) groups is 2. The number of imide groups is 1. The van der Waals surface area contributed by atoms with Crippen molar-refractivity contribution in [1.82, 2.24) is 4.90 Å². The van der Waals surface area contributed by atoms with E-state index in [9.17, 15) is 19.7 Å². The molecule has 0 aromatic heterocycles. The maximum Gasteiger partial charge on any atom is 0.293 e. The molecule has 12 heteroatoms. The molecule has 0 spiro atoms. The Balaban J connectivity index is 1.36. The van der Waals surface area contributed by atoms with Crippen LogP contribution >= 0.6 is 39.3 Å². The van der Waals surface area contributed by atoms with Gasteiger partial charge in [-0.25, -0.2) is 0 Å². The van der Waals surface area contributed by atoms with E-state index in [1.165, 1.54) is 12.1 Å². The van der Waals surface area contributed by atoms with Crippen LogP contribution in [0.4, 0.5) is 10.5 Å². The first-order valence-electron chi connectivity index (χ1n) is 10.8. The van der Waals surface area contributed by atoms with Gasteiger partial charge >= 0.3 is 0 Å². The van der Waals surface area contributed by atoms with E-state index in [1.807, 2.05) is 0 Å². The van der Waals surface area contributed by atoms with Gasteiger partial charge in [-0.3, -0.25) is 24.6 Å². The Morgan fingerprint density at radius 3 is 2.70 bits per heavy atom. The second-order valence-electron chi connectivity index (χ2n) is 7.96. The quantitative estimate of drug-likeness (QED) is 0.170. The van der Waals surface area contributed by atoms with Gasteiger partial charge in [-0.05, 0) is 53.2 Å². The molecular weight excluding hydrogens is 588 g/mol. The molecule has 2 heterocycles. The number of thioether (sulfide) groups is 1. The summed E-state index contributed by atoms with van der Waals surface area (Å²) >= 11 is 10.6. The Hall–Kier alpha value is -3.54. The number of nitro groups is 1. The van der Waals surface area contributed by atoms with Gasteiger partial charge in [0.05, 0.1) is 16.4 Å². The molecule has 188 valence electrons. The molecule has 3 aromatic carbocycles. The lowest BCUT2D eigenvalue weighted by molar-refractivity contribution is -0.384. The Morgan fingerprint density at radius 1 is 1.14 bits per heavy atom. The maximum atomic E-state index is 13.1. The highest BCUT2D eigenvalue weighted by Crippen LogP contribution is 2.40. The Morgan fingerprint density at radius 2 is 1.92 bits per heavy atom. The van der Waals surface area contributed by atoms with Crippen LogP contribution in [0.3, 0.4) is 0 Å². The number of benzene rings is 3.